The third-order valence-electron chi connectivity index (χ3n) is 5.09. The number of carbonyl (C=O) groups is 1. The molecule has 0 aliphatic carbocycles. The molecular formula is C19H37IN4O2. The quantitative estimate of drug-likeness (QED) is 0.190. The monoisotopic (exact) mass is 480 g/mol. The molecule has 2 aliphatic rings. The second-order valence-electron chi connectivity index (χ2n) is 7.00. The first-order valence-corrected chi connectivity index (χ1v) is 10.2. The Bertz CT molecular complexity index is 420. The van der Waals surface area contributed by atoms with Crippen molar-refractivity contribution in [2.75, 3.05) is 52.4 Å². The molecule has 152 valence electrons. The van der Waals surface area contributed by atoms with Crippen molar-refractivity contribution < 1.29 is 9.53 Å². The van der Waals surface area contributed by atoms with E-state index in [0.29, 0.717) is 6.61 Å². The van der Waals surface area contributed by atoms with E-state index in [9.17, 15) is 4.79 Å². The van der Waals surface area contributed by atoms with Gasteiger partial charge in [0.1, 0.15) is 0 Å². The third kappa shape index (κ3) is 7.98. The minimum atomic E-state index is -0.0361. The van der Waals surface area contributed by atoms with Crippen molar-refractivity contribution in [3.05, 3.63) is 0 Å². The van der Waals surface area contributed by atoms with Crippen LogP contribution in [0.15, 0.2) is 4.99 Å². The Morgan fingerprint density at radius 2 is 1.81 bits per heavy atom. The Morgan fingerprint density at radius 1 is 1.12 bits per heavy atom. The Hall–Kier alpha value is -0.570. The van der Waals surface area contributed by atoms with Crippen LogP contribution in [0.25, 0.3) is 0 Å². The predicted molar refractivity (Wildman–Crippen MR) is 117 cm³/mol. The van der Waals surface area contributed by atoms with Gasteiger partial charge in [0.2, 0.25) is 0 Å². The normalized spacial score (nSPS) is 19.3. The van der Waals surface area contributed by atoms with E-state index in [0.717, 1.165) is 51.4 Å². The second-order valence-corrected chi connectivity index (χ2v) is 7.00. The van der Waals surface area contributed by atoms with Crippen molar-refractivity contribution in [1.29, 1.82) is 0 Å². The van der Waals surface area contributed by atoms with Gasteiger partial charge in [0.15, 0.2) is 5.96 Å². The van der Waals surface area contributed by atoms with Gasteiger partial charge in [-0.3, -0.25) is 9.79 Å². The zero-order chi connectivity index (χ0) is 17.9. The van der Waals surface area contributed by atoms with Crippen LogP contribution in [-0.2, 0) is 9.53 Å². The first-order valence-electron chi connectivity index (χ1n) is 10.2. The minimum Gasteiger partial charge on any atom is -0.466 e. The molecule has 1 N–H and O–H groups in total. The SMILES string of the molecule is CCNC(=NCCCCN1CCCC1)N1CCC(C(=O)OCC)CC1.I. The summed E-state index contributed by atoms with van der Waals surface area (Å²) < 4.78 is 5.15. The number of nitrogens with one attached hydrogen (secondary N) is 1. The number of rotatable bonds is 8. The molecule has 0 saturated carbocycles. The summed E-state index contributed by atoms with van der Waals surface area (Å²) in [5.41, 5.74) is 0. The van der Waals surface area contributed by atoms with E-state index in [1.807, 2.05) is 6.92 Å². The van der Waals surface area contributed by atoms with Crippen LogP contribution in [0.3, 0.4) is 0 Å². The van der Waals surface area contributed by atoms with Gasteiger partial charge in [-0.1, -0.05) is 0 Å². The summed E-state index contributed by atoms with van der Waals surface area (Å²) in [6.07, 6.45) is 6.82. The van der Waals surface area contributed by atoms with Crippen LogP contribution in [0.5, 0.6) is 0 Å². The molecule has 0 aromatic heterocycles. The van der Waals surface area contributed by atoms with E-state index < -0.39 is 0 Å². The molecule has 7 heteroatoms. The van der Waals surface area contributed by atoms with E-state index in [1.165, 1.54) is 38.9 Å². The van der Waals surface area contributed by atoms with Crippen molar-refractivity contribution in [1.82, 2.24) is 15.1 Å². The fourth-order valence-corrected chi connectivity index (χ4v) is 3.65. The van der Waals surface area contributed by atoms with Crippen molar-refractivity contribution in [2.45, 2.75) is 52.4 Å². The summed E-state index contributed by atoms with van der Waals surface area (Å²) in [5, 5.41) is 3.40. The van der Waals surface area contributed by atoms with Crippen LogP contribution in [0.4, 0.5) is 0 Å². The molecule has 26 heavy (non-hydrogen) atoms. The molecule has 6 nitrogen and oxygen atoms in total. The number of guanidine groups is 1. The number of esters is 1. The zero-order valence-electron chi connectivity index (χ0n) is 16.5. The molecule has 0 bridgehead atoms. The van der Waals surface area contributed by atoms with Crippen molar-refractivity contribution in [3.8, 4) is 0 Å². The molecule has 2 aliphatic heterocycles. The van der Waals surface area contributed by atoms with Gasteiger partial charge in [0.25, 0.3) is 0 Å². The lowest BCUT2D eigenvalue weighted by Crippen LogP contribution is -2.46. The number of hydrogen-bond acceptors (Lipinski definition) is 4. The first kappa shape index (κ1) is 23.5. The minimum absolute atomic E-state index is 0. The lowest BCUT2D eigenvalue weighted by molar-refractivity contribution is -0.149. The Kier molecular flexibility index (Phi) is 12.3. The highest BCUT2D eigenvalue weighted by Gasteiger charge is 2.27. The largest absolute Gasteiger partial charge is 0.466 e. The molecule has 0 spiro atoms. The maximum atomic E-state index is 11.9. The van der Waals surface area contributed by atoms with E-state index in [4.69, 9.17) is 9.73 Å². The first-order chi connectivity index (χ1) is 12.2. The lowest BCUT2D eigenvalue weighted by atomic mass is 9.97. The van der Waals surface area contributed by atoms with E-state index in [2.05, 4.69) is 22.0 Å². The average molecular weight is 480 g/mol. The topological polar surface area (TPSA) is 57.2 Å². The number of ether oxygens (including phenoxy) is 1. The molecule has 0 radical (unpaired) electrons. The average Bonchev–Trinajstić information content (AvgIpc) is 3.14. The molecule has 0 aromatic carbocycles. The molecule has 0 unspecified atom stereocenters. The number of hydrogen-bond donors (Lipinski definition) is 1. The van der Waals surface area contributed by atoms with Crippen LogP contribution in [0.1, 0.15) is 52.4 Å². The van der Waals surface area contributed by atoms with Gasteiger partial charge in [-0.05, 0) is 72.0 Å². The maximum absolute atomic E-state index is 11.9. The summed E-state index contributed by atoms with van der Waals surface area (Å²) >= 11 is 0. The standard InChI is InChI=1S/C19H36N4O2.HI/c1-3-20-19(21-11-5-6-12-22-13-7-8-14-22)23-15-9-17(10-16-23)18(24)25-4-2;/h17H,3-16H2,1-2H3,(H,20,21);1H. The highest BCUT2D eigenvalue weighted by molar-refractivity contribution is 14.0. The van der Waals surface area contributed by atoms with Gasteiger partial charge in [0.05, 0.1) is 12.5 Å². The highest BCUT2D eigenvalue weighted by Crippen LogP contribution is 2.18. The fourth-order valence-electron chi connectivity index (χ4n) is 3.65. The molecule has 2 heterocycles. The van der Waals surface area contributed by atoms with Gasteiger partial charge >= 0.3 is 5.97 Å². The number of unbranched alkanes of at least 4 members (excludes halogenated alkanes) is 1. The zero-order valence-corrected chi connectivity index (χ0v) is 18.9. The number of nitrogens with zero attached hydrogens (tertiary/aromatic N) is 3. The molecule has 2 fully saturated rings. The van der Waals surface area contributed by atoms with Crippen LogP contribution in [0.2, 0.25) is 0 Å². The summed E-state index contributed by atoms with van der Waals surface area (Å²) in [6, 6.07) is 0. The number of carbonyl (C=O) groups excluding carboxylic acids is 1. The van der Waals surface area contributed by atoms with E-state index in [-0.39, 0.29) is 35.9 Å². The molecule has 0 amide bonds. The predicted octanol–water partition coefficient (Wildman–Crippen LogP) is 2.72. The Balaban J connectivity index is 0.00000338. The van der Waals surface area contributed by atoms with Crippen LogP contribution in [-0.4, -0.2) is 74.1 Å². The summed E-state index contributed by atoms with van der Waals surface area (Å²) in [6.45, 7) is 11.7. The third-order valence-corrected chi connectivity index (χ3v) is 5.09. The summed E-state index contributed by atoms with van der Waals surface area (Å²) in [7, 11) is 0. The number of likely N-dealkylation sites (tertiary alicyclic amines) is 2. The Labute approximate surface area is 176 Å². The maximum Gasteiger partial charge on any atom is 0.309 e. The number of aliphatic imine (C=N–C) groups is 1. The molecule has 2 saturated heterocycles. The number of piperidine rings is 1. The van der Waals surface area contributed by atoms with Crippen LogP contribution < -0.4 is 5.32 Å². The summed E-state index contributed by atoms with van der Waals surface area (Å²) in [5.74, 6) is 1.02. The molecule has 0 aromatic rings. The van der Waals surface area contributed by atoms with Crippen molar-refractivity contribution in [3.63, 3.8) is 0 Å². The van der Waals surface area contributed by atoms with Gasteiger partial charge in [-0.25, -0.2) is 0 Å². The highest BCUT2D eigenvalue weighted by atomic mass is 127. The smallest absolute Gasteiger partial charge is 0.309 e. The van der Waals surface area contributed by atoms with Crippen molar-refractivity contribution >= 4 is 35.9 Å². The molecular weight excluding hydrogens is 443 g/mol. The van der Waals surface area contributed by atoms with Crippen LogP contribution >= 0.6 is 24.0 Å². The van der Waals surface area contributed by atoms with Crippen LogP contribution in [0, 0.1) is 5.92 Å². The lowest BCUT2D eigenvalue weighted by Gasteiger charge is -2.33. The van der Waals surface area contributed by atoms with E-state index >= 15 is 0 Å². The van der Waals surface area contributed by atoms with Gasteiger partial charge < -0.3 is 19.9 Å². The Morgan fingerprint density at radius 3 is 2.42 bits per heavy atom. The van der Waals surface area contributed by atoms with Gasteiger partial charge in [-0.15, -0.1) is 24.0 Å². The molecule has 2 rings (SSSR count). The number of halogens is 1. The fraction of sp³-hybridized carbons (Fsp3) is 0.895. The summed E-state index contributed by atoms with van der Waals surface area (Å²) in [4.78, 5) is 21.5. The molecule has 0 atom stereocenters. The second kappa shape index (κ2) is 13.6. The van der Waals surface area contributed by atoms with Crippen molar-refractivity contribution in [2.24, 2.45) is 10.9 Å². The van der Waals surface area contributed by atoms with E-state index in [1.54, 1.807) is 0 Å². The van der Waals surface area contributed by atoms with Gasteiger partial charge in [-0.2, -0.15) is 0 Å². The van der Waals surface area contributed by atoms with Gasteiger partial charge in [0, 0.05) is 26.2 Å².